The average Bonchev–Trinajstić information content (AvgIpc) is 2.40. The van der Waals surface area contributed by atoms with Gasteiger partial charge in [0.05, 0.1) is 19.0 Å². The third-order valence-corrected chi connectivity index (χ3v) is 2.93. The van der Waals surface area contributed by atoms with Crippen molar-refractivity contribution in [1.82, 2.24) is 9.97 Å². The van der Waals surface area contributed by atoms with Crippen molar-refractivity contribution in [2.45, 2.75) is 12.8 Å². The summed E-state index contributed by atoms with van der Waals surface area (Å²) in [5.74, 6) is 1.36. The van der Waals surface area contributed by atoms with Crippen LogP contribution >= 0.6 is 0 Å². The minimum Gasteiger partial charge on any atom is -0.381 e. The van der Waals surface area contributed by atoms with Crippen LogP contribution < -0.4 is 4.90 Å². The molecule has 1 unspecified atom stereocenters. The molecule has 1 atom stereocenters. The van der Waals surface area contributed by atoms with Gasteiger partial charge in [-0.1, -0.05) is 0 Å². The second kappa shape index (κ2) is 5.60. The van der Waals surface area contributed by atoms with Gasteiger partial charge in [0.25, 0.3) is 0 Å². The molecule has 1 aliphatic heterocycles. The predicted molar refractivity (Wildman–Crippen MR) is 63.6 cm³/mol. The van der Waals surface area contributed by atoms with Crippen LogP contribution in [0.15, 0.2) is 12.4 Å². The van der Waals surface area contributed by atoms with E-state index in [4.69, 9.17) is 10.00 Å². The van der Waals surface area contributed by atoms with Gasteiger partial charge in [0.1, 0.15) is 11.9 Å². The van der Waals surface area contributed by atoms with Crippen LogP contribution in [0.2, 0.25) is 0 Å². The number of aromatic nitrogens is 2. The first-order valence-corrected chi connectivity index (χ1v) is 5.80. The molecule has 0 radical (unpaired) electrons. The number of nitriles is 1. The standard InChI is InChI=1S/C12H16N4O/c1-16(8-10-3-2-4-17-9-10)12-7-14-11(5-13)6-15-12/h6-7,10H,2-4,8-9H2,1H3. The lowest BCUT2D eigenvalue weighted by Crippen LogP contribution is -2.31. The quantitative estimate of drug-likeness (QED) is 0.784. The maximum Gasteiger partial charge on any atom is 0.158 e. The average molecular weight is 232 g/mol. The summed E-state index contributed by atoms with van der Waals surface area (Å²) in [5.41, 5.74) is 0.350. The van der Waals surface area contributed by atoms with E-state index in [0.717, 1.165) is 32.0 Å². The monoisotopic (exact) mass is 232 g/mol. The molecule has 90 valence electrons. The summed E-state index contributed by atoms with van der Waals surface area (Å²) in [5, 5.41) is 8.65. The van der Waals surface area contributed by atoms with Crippen LogP contribution in [0, 0.1) is 17.2 Å². The summed E-state index contributed by atoms with van der Waals surface area (Å²) in [6.45, 7) is 2.63. The van der Waals surface area contributed by atoms with Gasteiger partial charge in [-0.25, -0.2) is 9.97 Å². The molecule has 2 heterocycles. The minimum atomic E-state index is 0.350. The smallest absolute Gasteiger partial charge is 0.158 e. The summed E-state index contributed by atoms with van der Waals surface area (Å²) >= 11 is 0. The Morgan fingerprint density at radius 2 is 2.41 bits per heavy atom. The van der Waals surface area contributed by atoms with Gasteiger partial charge in [-0.05, 0) is 18.8 Å². The molecule has 0 aliphatic carbocycles. The van der Waals surface area contributed by atoms with Crippen LogP contribution in [-0.4, -0.2) is 36.8 Å². The van der Waals surface area contributed by atoms with E-state index in [1.807, 2.05) is 13.1 Å². The highest BCUT2D eigenvalue weighted by Crippen LogP contribution is 2.17. The first kappa shape index (κ1) is 11.8. The molecular formula is C12H16N4O. The molecule has 17 heavy (non-hydrogen) atoms. The summed E-state index contributed by atoms with van der Waals surface area (Å²) in [4.78, 5) is 10.3. The van der Waals surface area contributed by atoms with E-state index in [0.29, 0.717) is 11.6 Å². The van der Waals surface area contributed by atoms with Crippen molar-refractivity contribution in [2.75, 3.05) is 31.7 Å². The second-order valence-electron chi connectivity index (χ2n) is 4.34. The Hall–Kier alpha value is -1.67. The zero-order chi connectivity index (χ0) is 12.1. The molecule has 5 heteroatoms. The second-order valence-corrected chi connectivity index (χ2v) is 4.34. The number of anilines is 1. The fourth-order valence-electron chi connectivity index (χ4n) is 2.01. The zero-order valence-electron chi connectivity index (χ0n) is 9.96. The molecular weight excluding hydrogens is 216 g/mol. The lowest BCUT2D eigenvalue weighted by atomic mass is 10.0. The molecule has 1 saturated heterocycles. The highest BCUT2D eigenvalue weighted by Gasteiger charge is 2.16. The maximum atomic E-state index is 8.65. The Balaban J connectivity index is 1.94. The van der Waals surface area contributed by atoms with Crippen LogP contribution in [0.1, 0.15) is 18.5 Å². The van der Waals surface area contributed by atoms with Crippen molar-refractivity contribution in [3.63, 3.8) is 0 Å². The van der Waals surface area contributed by atoms with Gasteiger partial charge in [0.2, 0.25) is 0 Å². The summed E-state index contributed by atoms with van der Waals surface area (Å²) in [6, 6.07) is 1.96. The third kappa shape index (κ3) is 3.14. The molecule has 0 aromatic carbocycles. The first-order chi connectivity index (χ1) is 8.29. The fourth-order valence-corrected chi connectivity index (χ4v) is 2.01. The van der Waals surface area contributed by atoms with E-state index < -0.39 is 0 Å². The van der Waals surface area contributed by atoms with E-state index >= 15 is 0 Å². The summed E-state index contributed by atoms with van der Waals surface area (Å²) in [7, 11) is 1.99. The van der Waals surface area contributed by atoms with E-state index in [-0.39, 0.29) is 0 Å². The van der Waals surface area contributed by atoms with Gasteiger partial charge >= 0.3 is 0 Å². The van der Waals surface area contributed by atoms with Crippen LogP contribution in [-0.2, 0) is 4.74 Å². The highest BCUT2D eigenvalue weighted by atomic mass is 16.5. The van der Waals surface area contributed by atoms with E-state index in [9.17, 15) is 0 Å². The Labute approximate surface area is 101 Å². The summed E-state index contributed by atoms with van der Waals surface area (Å²) in [6.07, 6.45) is 5.48. The van der Waals surface area contributed by atoms with Crippen LogP contribution in [0.5, 0.6) is 0 Å². The Kier molecular flexibility index (Phi) is 3.89. The van der Waals surface area contributed by atoms with Gasteiger partial charge < -0.3 is 9.64 Å². The lowest BCUT2D eigenvalue weighted by molar-refractivity contribution is 0.0576. The Morgan fingerprint density at radius 1 is 1.53 bits per heavy atom. The van der Waals surface area contributed by atoms with E-state index in [2.05, 4.69) is 14.9 Å². The first-order valence-electron chi connectivity index (χ1n) is 5.80. The molecule has 0 N–H and O–H groups in total. The number of nitrogens with zero attached hydrogens (tertiary/aromatic N) is 4. The van der Waals surface area contributed by atoms with Crippen molar-refractivity contribution in [3.8, 4) is 6.07 Å². The molecule has 1 aromatic rings. The van der Waals surface area contributed by atoms with E-state index in [1.165, 1.54) is 12.6 Å². The molecule has 1 aliphatic rings. The van der Waals surface area contributed by atoms with Crippen molar-refractivity contribution >= 4 is 5.82 Å². The van der Waals surface area contributed by atoms with Crippen molar-refractivity contribution < 1.29 is 4.74 Å². The largest absolute Gasteiger partial charge is 0.381 e. The molecule has 0 saturated carbocycles. The third-order valence-electron chi connectivity index (χ3n) is 2.93. The number of hydrogen-bond donors (Lipinski definition) is 0. The molecule has 0 bridgehead atoms. The van der Waals surface area contributed by atoms with Gasteiger partial charge in [-0.2, -0.15) is 5.26 Å². The lowest BCUT2D eigenvalue weighted by Gasteiger charge is -2.27. The molecule has 5 nitrogen and oxygen atoms in total. The van der Waals surface area contributed by atoms with Crippen LogP contribution in [0.4, 0.5) is 5.82 Å². The van der Waals surface area contributed by atoms with Crippen LogP contribution in [0.25, 0.3) is 0 Å². The molecule has 2 rings (SSSR count). The van der Waals surface area contributed by atoms with Gasteiger partial charge in [-0.3, -0.25) is 0 Å². The number of ether oxygens (including phenoxy) is 1. The van der Waals surface area contributed by atoms with E-state index in [1.54, 1.807) is 6.20 Å². The van der Waals surface area contributed by atoms with Crippen molar-refractivity contribution in [3.05, 3.63) is 18.1 Å². The minimum absolute atomic E-state index is 0.350. The molecule has 0 amide bonds. The van der Waals surface area contributed by atoms with Crippen molar-refractivity contribution in [1.29, 1.82) is 5.26 Å². The highest BCUT2D eigenvalue weighted by molar-refractivity contribution is 5.36. The fraction of sp³-hybridized carbons (Fsp3) is 0.583. The van der Waals surface area contributed by atoms with Crippen LogP contribution in [0.3, 0.4) is 0 Å². The summed E-state index contributed by atoms with van der Waals surface area (Å²) < 4.78 is 5.45. The number of hydrogen-bond acceptors (Lipinski definition) is 5. The maximum absolute atomic E-state index is 8.65. The Morgan fingerprint density at radius 3 is 3.00 bits per heavy atom. The normalized spacial score (nSPS) is 19.6. The van der Waals surface area contributed by atoms with Crippen molar-refractivity contribution in [2.24, 2.45) is 5.92 Å². The van der Waals surface area contributed by atoms with Gasteiger partial charge in [0, 0.05) is 20.2 Å². The van der Waals surface area contributed by atoms with Gasteiger partial charge in [-0.15, -0.1) is 0 Å². The van der Waals surface area contributed by atoms with Gasteiger partial charge in [0.15, 0.2) is 5.69 Å². The topological polar surface area (TPSA) is 62.0 Å². The molecule has 1 aromatic heterocycles. The Bertz CT molecular complexity index is 392. The number of rotatable bonds is 3. The molecule has 1 fully saturated rings. The molecule has 0 spiro atoms. The zero-order valence-corrected chi connectivity index (χ0v) is 9.96. The SMILES string of the molecule is CN(CC1CCCOC1)c1cnc(C#N)cn1. The predicted octanol–water partition coefficient (Wildman–Crippen LogP) is 1.21.